The zero-order valence-electron chi connectivity index (χ0n) is 24.8. The summed E-state index contributed by atoms with van der Waals surface area (Å²) in [4.78, 5) is 27.4. The number of halogens is 3. The van der Waals surface area contributed by atoms with Crippen molar-refractivity contribution in [2.45, 2.75) is 30.8 Å². The Morgan fingerprint density at radius 3 is 2.67 bits per heavy atom. The molecule has 3 atom stereocenters. The van der Waals surface area contributed by atoms with Crippen LogP contribution in [0.15, 0.2) is 60.9 Å². The molecule has 1 saturated carbocycles. The van der Waals surface area contributed by atoms with Gasteiger partial charge in [0.2, 0.25) is 0 Å². The number of nitriles is 1. The Morgan fingerprint density at radius 2 is 1.96 bits per heavy atom. The van der Waals surface area contributed by atoms with Gasteiger partial charge in [-0.3, -0.25) is 9.69 Å². The fraction of sp³-hybridized carbons (Fsp3) is 0.353. The molecule has 8 nitrogen and oxygen atoms in total. The van der Waals surface area contributed by atoms with Gasteiger partial charge in [0.05, 0.1) is 24.1 Å². The molecule has 3 aromatic carbocycles. The van der Waals surface area contributed by atoms with E-state index in [1.807, 2.05) is 35.2 Å². The maximum atomic E-state index is 16.7. The van der Waals surface area contributed by atoms with Crippen LogP contribution in [0.1, 0.15) is 19.3 Å². The third kappa shape index (κ3) is 4.95. The molecule has 2 aliphatic heterocycles. The smallest absolute Gasteiger partial charge is 0.319 e. The van der Waals surface area contributed by atoms with Crippen molar-refractivity contribution >= 4 is 45.0 Å². The third-order valence-electron chi connectivity index (χ3n) is 9.74. The number of piperidine rings is 1. The molecule has 11 heteroatoms. The van der Waals surface area contributed by atoms with Gasteiger partial charge in [-0.05, 0) is 55.4 Å². The maximum Gasteiger partial charge on any atom is 0.319 e. The summed E-state index contributed by atoms with van der Waals surface area (Å²) in [5.41, 5.74) is 1.01. The second kappa shape index (κ2) is 11.2. The summed E-state index contributed by atoms with van der Waals surface area (Å²) in [6, 6.07) is 16.2. The predicted molar refractivity (Wildman–Crippen MR) is 169 cm³/mol. The molecule has 3 heterocycles. The fourth-order valence-corrected chi connectivity index (χ4v) is 7.45. The van der Waals surface area contributed by atoms with E-state index in [0.717, 1.165) is 30.2 Å². The molecule has 0 spiro atoms. The van der Waals surface area contributed by atoms with Gasteiger partial charge >= 0.3 is 6.01 Å². The van der Waals surface area contributed by atoms with Crippen LogP contribution in [0.2, 0.25) is 5.02 Å². The Kier molecular flexibility index (Phi) is 7.34. The highest BCUT2D eigenvalue weighted by atomic mass is 35.5. The van der Waals surface area contributed by atoms with Crippen molar-refractivity contribution in [3.8, 4) is 23.2 Å². The lowest BCUT2D eigenvalue weighted by atomic mass is 9.96. The molecule has 3 fully saturated rings. The average Bonchev–Trinajstić information content (AvgIpc) is 3.68. The van der Waals surface area contributed by atoms with Crippen LogP contribution in [-0.4, -0.2) is 77.1 Å². The molecule has 0 radical (unpaired) electrons. The number of carbonyl (C=O) groups excluding carboxylic acids is 1. The summed E-state index contributed by atoms with van der Waals surface area (Å²) in [6.07, 6.45) is 2.14. The highest BCUT2D eigenvalue weighted by Crippen LogP contribution is 2.55. The van der Waals surface area contributed by atoms with Gasteiger partial charge in [-0.25, -0.2) is 8.78 Å². The predicted octanol–water partition coefficient (Wildman–Crippen LogP) is 6.13. The number of ether oxygens (including phenoxy) is 1. The second-order valence-electron chi connectivity index (χ2n) is 12.2. The molecule has 3 aliphatic rings. The van der Waals surface area contributed by atoms with E-state index in [9.17, 15) is 14.4 Å². The highest BCUT2D eigenvalue weighted by molar-refractivity contribution is 6.36. The maximum absolute atomic E-state index is 16.7. The van der Waals surface area contributed by atoms with Gasteiger partial charge in [0, 0.05) is 41.0 Å². The van der Waals surface area contributed by atoms with Crippen molar-refractivity contribution in [2.24, 2.45) is 5.92 Å². The number of nitrogens with zero attached hydrogens (tertiary/aromatic N) is 6. The number of likely N-dealkylation sites (N-methyl/N-ethyl adjacent to an activating group) is 1. The Hall–Kier alpha value is -4.33. The number of hydrogen-bond donors (Lipinski definition) is 0. The molecule has 0 N–H and O–H groups in total. The Morgan fingerprint density at radius 1 is 1.16 bits per heavy atom. The monoisotopic (exact) mass is 628 g/mol. The molecular formula is C34H31ClF2N6O2. The van der Waals surface area contributed by atoms with E-state index in [4.69, 9.17) is 21.3 Å². The van der Waals surface area contributed by atoms with Crippen molar-refractivity contribution in [1.82, 2.24) is 19.8 Å². The van der Waals surface area contributed by atoms with E-state index in [1.165, 1.54) is 4.90 Å². The normalized spacial score (nSPS) is 22.8. The summed E-state index contributed by atoms with van der Waals surface area (Å²) >= 11 is 6.60. The van der Waals surface area contributed by atoms with E-state index < -0.39 is 23.6 Å². The molecule has 7 rings (SSSR count). The number of amides is 1. The van der Waals surface area contributed by atoms with E-state index in [0.29, 0.717) is 39.9 Å². The summed E-state index contributed by atoms with van der Waals surface area (Å²) < 4.78 is 36.8. The number of fused-ring (bicyclic) bond motifs is 3. The quantitative estimate of drug-likeness (QED) is 0.228. The van der Waals surface area contributed by atoms with Gasteiger partial charge in [-0.2, -0.15) is 15.2 Å². The van der Waals surface area contributed by atoms with Crippen LogP contribution in [0.4, 0.5) is 14.6 Å². The molecule has 4 aromatic rings. The molecule has 0 bridgehead atoms. The number of rotatable bonds is 7. The van der Waals surface area contributed by atoms with Gasteiger partial charge in [-0.15, -0.1) is 0 Å². The largest absolute Gasteiger partial charge is 0.461 e. The zero-order chi connectivity index (χ0) is 31.5. The van der Waals surface area contributed by atoms with Gasteiger partial charge < -0.3 is 14.5 Å². The van der Waals surface area contributed by atoms with Crippen LogP contribution in [0.3, 0.4) is 0 Å². The van der Waals surface area contributed by atoms with Crippen LogP contribution in [0, 0.1) is 23.1 Å². The lowest BCUT2D eigenvalue weighted by Crippen LogP contribution is -2.55. The Labute approximate surface area is 264 Å². The van der Waals surface area contributed by atoms with E-state index in [2.05, 4.69) is 29.6 Å². The van der Waals surface area contributed by atoms with E-state index >= 15 is 4.39 Å². The number of anilines is 1. The number of benzene rings is 3. The Bertz CT molecular complexity index is 1910. The third-order valence-corrected chi connectivity index (χ3v) is 10.1. The first-order chi connectivity index (χ1) is 21.7. The number of piperazine rings is 1. The van der Waals surface area contributed by atoms with Crippen molar-refractivity contribution < 1.29 is 18.3 Å². The van der Waals surface area contributed by atoms with Gasteiger partial charge in [0.15, 0.2) is 11.6 Å². The average molecular weight is 629 g/mol. The van der Waals surface area contributed by atoms with Gasteiger partial charge in [0.25, 0.3) is 5.91 Å². The summed E-state index contributed by atoms with van der Waals surface area (Å²) in [5, 5.41) is 12.1. The standard InChI is InChI=1S/C34H31ClF2N6O2/c1-20(36)32(44)43-16-15-42(18-23(43)11-13-38)31-26-10-9-25(24-7-3-5-21-6-4-8-27(35)28(21)24)29(37)30(26)39-33(40-31)45-19-34-17-22(34)12-14-41(34)2/h3-10,22-23H,1,11-12,14-19H2,2H3/t22?,23-,34?/m0/s1. The lowest BCUT2D eigenvalue weighted by molar-refractivity contribution is -0.131. The molecule has 230 valence electrons. The summed E-state index contributed by atoms with van der Waals surface area (Å²) in [5.74, 6) is -1.47. The van der Waals surface area contributed by atoms with Crippen molar-refractivity contribution in [2.75, 3.05) is 44.7 Å². The Balaban J connectivity index is 1.33. The fourth-order valence-electron chi connectivity index (χ4n) is 7.16. The summed E-state index contributed by atoms with van der Waals surface area (Å²) in [7, 11) is 2.09. The van der Waals surface area contributed by atoms with Crippen LogP contribution >= 0.6 is 11.6 Å². The minimum absolute atomic E-state index is 0.0154. The van der Waals surface area contributed by atoms with Crippen molar-refractivity contribution in [3.05, 3.63) is 71.8 Å². The topological polar surface area (TPSA) is 85.6 Å². The molecule has 1 aromatic heterocycles. The first-order valence-electron chi connectivity index (χ1n) is 15.0. The van der Waals surface area contributed by atoms with Crippen LogP contribution in [0.5, 0.6) is 6.01 Å². The highest BCUT2D eigenvalue weighted by Gasteiger charge is 2.61. The number of aromatic nitrogens is 2. The van der Waals surface area contributed by atoms with Crippen LogP contribution in [-0.2, 0) is 4.79 Å². The first kappa shape index (κ1) is 29.4. The van der Waals surface area contributed by atoms with Crippen LogP contribution in [0.25, 0.3) is 32.8 Å². The first-order valence-corrected chi connectivity index (χ1v) is 15.4. The minimum atomic E-state index is -1.08. The minimum Gasteiger partial charge on any atom is -0.461 e. The van der Waals surface area contributed by atoms with Crippen molar-refractivity contribution in [3.63, 3.8) is 0 Å². The SMILES string of the molecule is C=C(F)C(=O)N1CCN(c2nc(OCC34CC3CCN4C)nc3c(F)c(-c4cccc5cccc(Cl)c45)ccc23)C[C@@H]1CC#N. The number of hydrogen-bond acceptors (Lipinski definition) is 7. The zero-order valence-corrected chi connectivity index (χ0v) is 25.5. The molecule has 2 saturated heterocycles. The van der Waals surface area contributed by atoms with E-state index in [-0.39, 0.29) is 43.1 Å². The number of carbonyl (C=O) groups is 1. The van der Waals surface area contributed by atoms with Gasteiger partial charge in [0.1, 0.15) is 17.9 Å². The molecule has 1 amide bonds. The summed E-state index contributed by atoms with van der Waals surface area (Å²) in [6.45, 7) is 5.14. The van der Waals surface area contributed by atoms with Gasteiger partial charge in [-0.1, -0.05) is 54.6 Å². The number of likely N-dealkylation sites (tertiary alicyclic amines) is 1. The molecule has 45 heavy (non-hydrogen) atoms. The van der Waals surface area contributed by atoms with E-state index in [1.54, 1.807) is 18.2 Å². The lowest BCUT2D eigenvalue weighted by Gasteiger charge is -2.41. The molecular weight excluding hydrogens is 598 g/mol. The molecule has 2 unspecified atom stereocenters. The van der Waals surface area contributed by atoms with Crippen LogP contribution < -0.4 is 9.64 Å². The van der Waals surface area contributed by atoms with Crippen molar-refractivity contribution in [1.29, 1.82) is 5.26 Å². The second-order valence-corrected chi connectivity index (χ2v) is 12.6. The molecule has 1 aliphatic carbocycles.